The minimum Gasteiger partial charge on any atom is -0.508 e. The monoisotopic (exact) mass is 457 g/mol. The Morgan fingerprint density at radius 3 is 2.53 bits per heavy atom. The van der Waals surface area contributed by atoms with Gasteiger partial charge in [-0.2, -0.15) is 0 Å². The van der Waals surface area contributed by atoms with Crippen LogP contribution in [0.5, 0.6) is 23.0 Å². The Kier molecular flexibility index (Phi) is 6.20. The van der Waals surface area contributed by atoms with Crippen molar-refractivity contribution in [1.82, 2.24) is 4.90 Å². The van der Waals surface area contributed by atoms with Crippen molar-refractivity contribution in [3.05, 3.63) is 83.4 Å². The molecule has 0 amide bonds. The first kappa shape index (κ1) is 22.4. The van der Waals surface area contributed by atoms with Crippen LogP contribution in [0.25, 0.3) is 11.1 Å². The number of ether oxygens (including phenoxy) is 2. The van der Waals surface area contributed by atoms with Crippen LogP contribution in [0, 0.1) is 5.92 Å². The molecule has 3 aromatic carbocycles. The van der Waals surface area contributed by atoms with Gasteiger partial charge in [-0.05, 0) is 85.0 Å². The fourth-order valence-corrected chi connectivity index (χ4v) is 4.98. The molecule has 2 heterocycles. The predicted molar refractivity (Wildman–Crippen MR) is 134 cm³/mol. The number of fused-ring (bicyclic) bond motifs is 1. The molecular formula is C29H31NO4. The topological polar surface area (TPSA) is 62.2 Å². The highest BCUT2D eigenvalue weighted by Crippen LogP contribution is 2.47. The minimum absolute atomic E-state index is 0.195. The Labute approximate surface area is 200 Å². The number of hydrogen-bond donors (Lipinski definition) is 2. The lowest BCUT2D eigenvalue weighted by Crippen LogP contribution is -2.25. The summed E-state index contributed by atoms with van der Waals surface area (Å²) in [7, 11) is 0. The van der Waals surface area contributed by atoms with Gasteiger partial charge >= 0.3 is 0 Å². The van der Waals surface area contributed by atoms with Gasteiger partial charge in [0.2, 0.25) is 0 Å². The van der Waals surface area contributed by atoms with E-state index in [2.05, 4.69) is 11.8 Å². The van der Waals surface area contributed by atoms with Crippen molar-refractivity contribution in [3.63, 3.8) is 0 Å². The molecular weight excluding hydrogens is 426 g/mol. The van der Waals surface area contributed by atoms with Crippen molar-refractivity contribution in [1.29, 1.82) is 0 Å². The Morgan fingerprint density at radius 2 is 1.79 bits per heavy atom. The van der Waals surface area contributed by atoms with Crippen LogP contribution in [0.15, 0.2) is 66.7 Å². The van der Waals surface area contributed by atoms with Crippen LogP contribution in [-0.2, 0) is 0 Å². The smallest absolute Gasteiger partial charge is 0.150 e. The molecule has 0 aromatic heterocycles. The number of aromatic hydroxyl groups is 2. The molecule has 34 heavy (non-hydrogen) atoms. The van der Waals surface area contributed by atoms with Crippen LogP contribution >= 0.6 is 0 Å². The molecule has 1 saturated heterocycles. The van der Waals surface area contributed by atoms with Gasteiger partial charge in [-0.3, -0.25) is 4.90 Å². The van der Waals surface area contributed by atoms with Gasteiger partial charge in [0.05, 0.1) is 0 Å². The first-order chi connectivity index (χ1) is 16.5. The summed E-state index contributed by atoms with van der Waals surface area (Å²) in [6.07, 6.45) is 0.923. The number of phenols is 2. The van der Waals surface area contributed by atoms with Crippen LogP contribution in [0.2, 0.25) is 0 Å². The molecule has 0 radical (unpaired) electrons. The molecule has 2 aliphatic heterocycles. The zero-order valence-corrected chi connectivity index (χ0v) is 19.7. The van der Waals surface area contributed by atoms with Crippen LogP contribution in [0.1, 0.15) is 43.1 Å². The van der Waals surface area contributed by atoms with E-state index in [0.29, 0.717) is 6.61 Å². The summed E-state index contributed by atoms with van der Waals surface area (Å²) < 4.78 is 12.5. The molecule has 2 aliphatic rings. The van der Waals surface area contributed by atoms with Crippen LogP contribution < -0.4 is 9.47 Å². The summed E-state index contributed by atoms with van der Waals surface area (Å²) in [5, 5.41) is 20.2. The zero-order valence-electron chi connectivity index (χ0n) is 19.7. The molecule has 3 aromatic rings. The normalized spacial score (nSPS) is 20.2. The third kappa shape index (κ3) is 4.62. The molecule has 176 valence electrons. The lowest BCUT2D eigenvalue weighted by molar-refractivity contribution is 0.233. The number of benzene rings is 3. The average Bonchev–Trinajstić information content (AvgIpc) is 3.25. The van der Waals surface area contributed by atoms with Gasteiger partial charge < -0.3 is 19.7 Å². The molecule has 1 unspecified atom stereocenters. The van der Waals surface area contributed by atoms with Gasteiger partial charge in [-0.25, -0.2) is 0 Å². The van der Waals surface area contributed by atoms with Crippen molar-refractivity contribution in [2.75, 3.05) is 26.2 Å². The number of nitrogens with zero attached hydrogens (tertiary/aromatic N) is 1. The Morgan fingerprint density at radius 1 is 1.00 bits per heavy atom. The Balaban J connectivity index is 1.40. The molecule has 2 atom stereocenters. The average molecular weight is 458 g/mol. The number of hydrogen-bond acceptors (Lipinski definition) is 5. The summed E-state index contributed by atoms with van der Waals surface area (Å²) in [6, 6.07) is 20.4. The van der Waals surface area contributed by atoms with Gasteiger partial charge in [0.15, 0.2) is 0 Å². The van der Waals surface area contributed by atoms with Crippen molar-refractivity contribution in [2.45, 2.75) is 26.4 Å². The maximum Gasteiger partial charge on any atom is 0.150 e. The van der Waals surface area contributed by atoms with E-state index in [9.17, 15) is 10.2 Å². The van der Waals surface area contributed by atoms with Gasteiger partial charge in [0.1, 0.15) is 35.7 Å². The quantitative estimate of drug-likeness (QED) is 0.484. The van der Waals surface area contributed by atoms with Crippen molar-refractivity contribution in [2.24, 2.45) is 5.92 Å². The molecule has 5 nitrogen and oxygen atoms in total. The van der Waals surface area contributed by atoms with E-state index in [4.69, 9.17) is 9.47 Å². The lowest BCUT2D eigenvalue weighted by atomic mass is 9.86. The highest BCUT2D eigenvalue weighted by atomic mass is 16.5. The predicted octanol–water partition coefficient (Wildman–Crippen LogP) is 5.88. The highest BCUT2D eigenvalue weighted by Gasteiger charge is 2.29. The fourth-order valence-electron chi connectivity index (χ4n) is 4.98. The zero-order chi connectivity index (χ0) is 23.7. The second-order valence-electron chi connectivity index (χ2n) is 9.38. The highest BCUT2D eigenvalue weighted by molar-refractivity contribution is 5.95. The summed E-state index contributed by atoms with van der Waals surface area (Å²) in [4.78, 5) is 2.46. The standard InChI is InChI=1S/C29H31NO4/c1-19-12-13-30(18-19)14-15-33-25-9-6-21(7-10-25)29-28(22-4-3-5-23(31)16-22)20(2)26-17-24(32)8-11-27(26)34-29/h3-11,16-17,19,29,31-32H,12-15,18H2,1-2H3/t19-,29?/m1/s1. The van der Waals surface area contributed by atoms with Crippen molar-refractivity contribution < 1.29 is 19.7 Å². The summed E-state index contributed by atoms with van der Waals surface area (Å²) in [6.45, 7) is 8.27. The van der Waals surface area contributed by atoms with Gasteiger partial charge in [0, 0.05) is 24.2 Å². The maximum atomic E-state index is 10.1. The van der Waals surface area contributed by atoms with E-state index in [1.54, 1.807) is 30.3 Å². The third-order valence-corrected chi connectivity index (χ3v) is 6.80. The van der Waals surface area contributed by atoms with E-state index in [1.165, 1.54) is 6.42 Å². The van der Waals surface area contributed by atoms with E-state index in [0.717, 1.165) is 64.9 Å². The van der Waals surface area contributed by atoms with Crippen molar-refractivity contribution in [3.8, 4) is 23.0 Å². The first-order valence-electron chi connectivity index (χ1n) is 11.9. The van der Waals surface area contributed by atoms with E-state index in [-0.39, 0.29) is 17.6 Å². The Hall–Kier alpha value is -3.44. The van der Waals surface area contributed by atoms with Gasteiger partial charge in [0.25, 0.3) is 0 Å². The minimum atomic E-state index is -0.348. The second kappa shape index (κ2) is 9.43. The van der Waals surface area contributed by atoms with Gasteiger partial charge in [-0.1, -0.05) is 31.2 Å². The molecule has 5 rings (SSSR count). The lowest BCUT2D eigenvalue weighted by Gasteiger charge is -2.31. The summed E-state index contributed by atoms with van der Waals surface area (Å²) in [5.74, 6) is 2.75. The van der Waals surface area contributed by atoms with Gasteiger partial charge in [-0.15, -0.1) is 0 Å². The van der Waals surface area contributed by atoms with Crippen LogP contribution in [0.4, 0.5) is 0 Å². The number of rotatable bonds is 6. The van der Waals surface area contributed by atoms with E-state index < -0.39 is 0 Å². The summed E-state index contributed by atoms with van der Waals surface area (Å²) in [5.41, 5.74) is 4.71. The van der Waals surface area contributed by atoms with Crippen molar-refractivity contribution >= 4 is 11.1 Å². The van der Waals surface area contributed by atoms with E-state index >= 15 is 0 Å². The van der Waals surface area contributed by atoms with Crippen LogP contribution in [0.3, 0.4) is 0 Å². The molecule has 0 saturated carbocycles. The number of allylic oxidation sites excluding steroid dienone is 1. The number of likely N-dealkylation sites (tertiary alicyclic amines) is 1. The first-order valence-corrected chi connectivity index (χ1v) is 11.9. The fraction of sp³-hybridized carbons (Fsp3) is 0.310. The molecule has 1 fully saturated rings. The Bertz CT molecular complexity index is 1200. The van der Waals surface area contributed by atoms with E-state index in [1.807, 2.05) is 43.3 Å². The molecule has 5 heteroatoms. The molecule has 0 bridgehead atoms. The molecule has 2 N–H and O–H groups in total. The summed E-state index contributed by atoms with van der Waals surface area (Å²) >= 11 is 0. The maximum absolute atomic E-state index is 10.1. The molecule has 0 spiro atoms. The van der Waals surface area contributed by atoms with Crippen LogP contribution in [-0.4, -0.2) is 41.4 Å². The largest absolute Gasteiger partial charge is 0.508 e. The number of phenolic OH excluding ortho intramolecular Hbond substituents is 2. The SMILES string of the molecule is CC1=C(c2cccc(O)c2)C(c2ccc(OCCN3CC[C@@H](C)C3)cc2)Oc2ccc(O)cc21. The molecule has 0 aliphatic carbocycles. The third-order valence-electron chi connectivity index (χ3n) is 6.80. The second-order valence-corrected chi connectivity index (χ2v) is 9.38.